The van der Waals surface area contributed by atoms with E-state index < -0.39 is 0 Å². The summed E-state index contributed by atoms with van der Waals surface area (Å²) < 4.78 is 9.55. The lowest BCUT2D eigenvalue weighted by molar-refractivity contribution is 0.0466. The minimum Gasteiger partial charge on any atom is -0.391 e. The molecule has 0 heterocycles. The lowest BCUT2D eigenvalue weighted by atomic mass is 10.4. The van der Waals surface area contributed by atoms with Gasteiger partial charge < -0.3 is 19.7 Å². The van der Waals surface area contributed by atoms with Crippen molar-refractivity contribution in [1.29, 1.82) is 0 Å². The SMILES string of the molecule is CCCOCC(C)O.COCC(C)O. The molecule has 0 aliphatic rings. The van der Waals surface area contributed by atoms with Gasteiger partial charge >= 0.3 is 0 Å². The van der Waals surface area contributed by atoms with Crippen LogP contribution in [0, 0.1) is 0 Å². The van der Waals surface area contributed by atoms with Crippen LogP contribution in [0.25, 0.3) is 0 Å². The normalized spacial score (nSPS) is 14.1. The van der Waals surface area contributed by atoms with Crippen molar-refractivity contribution in [2.45, 2.75) is 39.4 Å². The summed E-state index contributed by atoms with van der Waals surface area (Å²) in [5.41, 5.74) is 0. The molecule has 0 amide bonds. The highest BCUT2D eigenvalue weighted by atomic mass is 16.5. The lowest BCUT2D eigenvalue weighted by Gasteiger charge is -2.02. The van der Waals surface area contributed by atoms with Crippen molar-refractivity contribution in [2.24, 2.45) is 0 Å². The quantitative estimate of drug-likeness (QED) is 0.634. The molecule has 0 aliphatic carbocycles. The zero-order valence-corrected chi connectivity index (χ0v) is 9.69. The van der Waals surface area contributed by atoms with Crippen LogP contribution in [0.5, 0.6) is 0 Å². The number of ether oxygens (including phenoxy) is 2. The molecule has 0 aromatic heterocycles. The zero-order chi connectivity index (χ0) is 11.4. The Hall–Kier alpha value is -0.160. The van der Waals surface area contributed by atoms with E-state index in [1.54, 1.807) is 21.0 Å². The van der Waals surface area contributed by atoms with E-state index in [0.29, 0.717) is 13.2 Å². The first-order chi connectivity index (χ1) is 6.54. The Balaban J connectivity index is 0. The highest BCUT2D eigenvalue weighted by Crippen LogP contribution is 1.83. The molecule has 0 saturated heterocycles. The molecule has 0 aliphatic heterocycles. The van der Waals surface area contributed by atoms with Crippen LogP contribution < -0.4 is 0 Å². The predicted molar refractivity (Wildman–Crippen MR) is 56.3 cm³/mol. The molecule has 0 rings (SSSR count). The van der Waals surface area contributed by atoms with Crippen LogP contribution in [0.3, 0.4) is 0 Å². The molecule has 4 nitrogen and oxygen atoms in total. The Labute approximate surface area is 86.8 Å². The van der Waals surface area contributed by atoms with Gasteiger partial charge in [0.25, 0.3) is 0 Å². The van der Waals surface area contributed by atoms with E-state index in [1.165, 1.54) is 0 Å². The molecule has 0 aromatic rings. The number of hydrogen-bond donors (Lipinski definition) is 2. The van der Waals surface area contributed by atoms with Crippen LogP contribution >= 0.6 is 0 Å². The Morgan fingerprint density at radius 3 is 1.79 bits per heavy atom. The second kappa shape index (κ2) is 12.8. The van der Waals surface area contributed by atoms with Crippen LogP contribution in [0.2, 0.25) is 0 Å². The van der Waals surface area contributed by atoms with E-state index in [2.05, 4.69) is 4.74 Å². The molecule has 2 N–H and O–H groups in total. The molecular formula is C10H24O4. The summed E-state index contributed by atoms with van der Waals surface area (Å²) in [4.78, 5) is 0. The summed E-state index contributed by atoms with van der Waals surface area (Å²) in [5.74, 6) is 0. The van der Waals surface area contributed by atoms with E-state index in [9.17, 15) is 0 Å². The molecular weight excluding hydrogens is 184 g/mol. The highest BCUT2D eigenvalue weighted by Gasteiger charge is 1.91. The van der Waals surface area contributed by atoms with Gasteiger partial charge in [-0.05, 0) is 20.3 Å². The highest BCUT2D eigenvalue weighted by molar-refractivity contribution is 4.39. The molecule has 14 heavy (non-hydrogen) atoms. The third-order valence-electron chi connectivity index (χ3n) is 1.12. The van der Waals surface area contributed by atoms with Gasteiger partial charge in [-0.15, -0.1) is 0 Å². The van der Waals surface area contributed by atoms with Gasteiger partial charge in [0.1, 0.15) is 0 Å². The maximum atomic E-state index is 8.65. The lowest BCUT2D eigenvalue weighted by Crippen LogP contribution is -2.10. The van der Waals surface area contributed by atoms with Crippen molar-refractivity contribution in [3.05, 3.63) is 0 Å². The van der Waals surface area contributed by atoms with Gasteiger partial charge in [-0.2, -0.15) is 0 Å². The van der Waals surface area contributed by atoms with Crippen molar-refractivity contribution in [3.63, 3.8) is 0 Å². The summed E-state index contributed by atoms with van der Waals surface area (Å²) in [6.45, 7) is 7.10. The van der Waals surface area contributed by atoms with E-state index in [0.717, 1.165) is 13.0 Å². The molecule has 88 valence electrons. The van der Waals surface area contributed by atoms with Gasteiger partial charge in [0, 0.05) is 13.7 Å². The second-order valence-corrected chi connectivity index (χ2v) is 3.23. The maximum absolute atomic E-state index is 8.65. The fraction of sp³-hybridized carbons (Fsp3) is 1.00. The Morgan fingerprint density at radius 1 is 1.07 bits per heavy atom. The van der Waals surface area contributed by atoms with Crippen LogP contribution in [0.4, 0.5) is 0 Å². The monoisotopic (exact) mass is 208 g/mol. The van der Waals surface area contributed by atoms with Crippen molar-refractivity contribution in [2.75, 3.05) is 26.9 Å². The largest absolute Gasteiger partial charge is 0.391 e. The standard InChI is InChI=1S/C6H14O2.C4H10O2/c1-3-4-8-5-6(2)7;1-4(5)3-6-2/h6-7H,3-5H2,1-2H3;4-5H,3H2,1-2H3. The van der Waals surface area contributed by atoms with Crippen LogP contribution in [0.15, 0.2) is 0 Å². The topological polar surface area (TPSA) is 58.9 Å². The van der Waals surface area contributed by atoms with Crippen LogP contribution in [0.1, 0.15) is 27.2 Å². The average Bonchev–Trinajstić information content (AvgIpc) is 2.05. The van der Waals surface area contributed by atoms with Crippen molar-refractivity contribution < 1.29 is 19.7 Å². The number of hydrogen-bond acceptors (Lipinski definition) is 4. The molecule has 0 bridgehead atoms. The molecule has 0 fully saturated rings. The number of aliphatic hydroxyl groups excluding tert-OH is 2. The third kappa shape index (κ3) is 22.6. The molecule has 2 unspecified atom stereocenters. The minimum atomic E-state index is -0.324. The molecule has 0 radical (unpaired) electrons. The molecule has 0 saturated carbocycles. The van der Waals surface area contributed by atoms with E-state index in [4.69, 9.17) is 14.9 Å². The number of rotatable bonds is 6. The first-order valence-corrected chi connectivity index (χ1v) is 4.97. The summed E-state index contributed by atoms with van der Waals surface area (Å²) in [7, 11) is 1.56. The fourth-order valence-corrected chi connectivity index (χ4v) is 0.639. The third-order valence-corrected chi connectivity index (χ3v) is 1.12. The molecule has 4 heteroatoms. The molecule has 0 aromatic carbocycles. The van der Waals surface area contributed by atoms with Crippen LogP contribution in [-0.2, 0) is 9.47 Å². The predicted octanol–water partition coefficient (Wildman–Crippen LogP) is 0.807. The van der Waals surface area contributed by atoms with Crippen LogP contribution in [-0.4, -0.2) is 49.4 Å². The van der Waals surface area contributed by atoms with Gasteiger partial charge in [-0.1, -0.05) is 6.92 Å². The van der Waals surface area contributed by atoms with Gasteiger partial charge in [0.05, 0.1) is 25.4 Å². The van der Waals surface area contributed by atoms with E-state index in [-0.39, 0.29) is 12.2 Å². The summed E-state index contributed by atoms with van der Waals surface area (Å²) >= 11 is 0. The second-order valence-electron chi connectivity index (χ2n) is 3.23. The van der Waals surface area contributed by atoms with E-state index >= 15 is 0 Å². The summed E-state index contributed by atoms with van der Waals surface area (Å²) in [6.07, 6.45) is 0.378. The summed E-state index contributed by atoms with van der Waals surface area (Å²) in [5, 5.41) is 17.1. The summed E-state index contributed by atoms with van der Waals surface area (Å²) in [6, 6.07) is 0. The average molecular weight is 208 g/mol. The van der Waals surface area contributed by atoms with E-state index in [1.807, 2.05) is 6.92 Å². The minimum absolute atomic E-state index is 0.318. The van der Waals surface area contributed by atoms with Crippen molar-refractivity contribution >= 4 is 0 Å². The fourth-order valence-electron chi connectivity index (χ4n) is 0.639. The van der Waals surface area contributed by atoms with Gasteiger partial charge in [0.15, 0.2) is 0 Å². The Bertz CT molecular complexity index is 94.1. The molecule has 0 spiro atoms. The van der Waals surface area contributed by atoms with Crippen molar-refractivity contribution in [3.8, 4) is 0 Å². The Kier molecular flexibility index (Phi) is 14.9. The van der Waals surface area contributed by atoms with Gasteiger partial charge in [-0.3, -0.25) is 0 Å². The molecule has 2 atom stereocenters. The maximum Gasteiger partial charge on any atom is 0.0745 e. The first kappa shape index (κ1) is 16.3. The smallest absolute Gasteiger partial charge is 0.0745 e. The Morgan fingerprint density at radius 2 is 1.57 bits per heavy atom. The zero-order valence-electron chi connectivity index (χ0n) is 9.69. The van der Waals surface area contributed by atoms with Gasteiger partial charge in [0.2, 0.25) is 0 Å². The first-order valence-electron chi connectivity index (χ1n) is 4.97. The number of aliphatic hydroxyl groups is 2. The van der Waals surface area contributed by atoms with Crippen molar-refractivity contribution in [1.82, 2.24) is 0 Å². The number of methoxy groups -OCH3 is 1. The van der Waals surface area contributed by atoms with Gasteiger partial charge in [-0.25, -0.2) is 0 Å².